The average Bonchev–Trinajstić information content (AvgIpc) is 2.82. The summed E-state index contributed by atoms with van der Waals surface area (Å²) < 4.78 is 40.8. The van der Waals surface area contributed by atoms with Crippen LogP contribution >= 0.6 is 11.6 Å². The van der Waals surface area contributed by atoms with Crippen LogP contribution in [0.5, 0.6) is 0 Å². The summed E-state index contributed by atoms with van der Waals surface area (Å²) in [6.07, 6.45) is -2.93. The van der Waals surface area contributed by atoms with Crippen molar-refractivity contribution in [3.8, 4) is 0 Å². The van der Waals surface area contributed by atoms with Gasteiger partial charge in [0.1, 0.15) is 12.2 Å². The van der Waals surface area contributed by atoms with Gasteiger partial charge in [-0.1, -0.05) is 11.6 Å². The van der Waals surface area contributed by atoms with Crippen LogP contribution in [0.25, 0.3) is 11.2 Å². The van der Waals surface area contributed by atoms with Gasteiger partial charge in [-0.3, -0.25) is 9.59 Å². The van der Waals surface area contributed by atoms with E-state index in [1.165, 1.54) is 0 Å². The minimum atomic E-state index is -4.54. The smallest absolute Gasteiger partial charge is 0.361 e. The highest BCUT2D eigenvalue weighted by molar-refractivity contribution is 6.33. The molecule has 0 bridgehead atoms. The molecule has 37 heavy (non-hydrogen) atoms. The topological polar surface area (TPSA) is 92.1 Å². The molecule has 2 aromatic heterocycles. The molecule has 4 heterocycles. The molecule has 0 radical (unpaired) electrons. The Morgan fingerprint density at radius 3 is 2.73 bits per heavy atom. The lowest BCUT2D eigenvalue weighted by atomic mass is 9.68. The zero-order chi connectivity index (χ0) is 26.2. The average molecular weight is 533 g/mol. The maximum absolute atomic E-state index is 13.7. The van der Waals surface area contributed by atoms with Crippen molar-refractivity contribution in [3.63, 3.8) is 0 Å². The predicted molar refractivity (Wildman–Crippen MR) is 133 cm³/mol. The van der Waals surface area contributed by atoms with E-state index in [2.05, 4.69) is 25.5 Å². The number of alkyl halides is 3. The van der Waals surface area contributed by atoms with E-state index in [9.17, 15) is 22.8 Å². The first-order chi connectivity index (χ1) is 17.5. The summed E-state index contributed by atoms with van der Waals surface area (Å²) in [7, 11) is 0. The second-order valence-electron chi connectivity index (χ2n) is 9.96. The Hall–Kier alpha value is -3.18. The first-order valence-corrected chi connectivity index (χ1v) is 12.5. The summed E-state index contributed by atoms with van der Waals surface area (Å²) in [6, 6.07) is 3.36. The number of fused-ring (bicyclic) bond motifs is 3. The molecule has 1 saturated carbocycles. The quantitative estimate of drug-likeness (QED) is 0.537. The molecule has 1 aromatic carbocycles. The molecule has 12 heteroatoms. The van der Waals surface area contributed by atoms with Crippen LogP contribution in [0.15, 0.2) is 23.0 Å². The Labute approximate surface area is 214 Å². The molecule has 3 aliphatic rings. The zero-order valence-electron chi connectivity index (χ0n) is 20.1. The van der Waals surface area contributed by atoms with E-state index in [4.69, 9.17) is 11.6 Å². The number of aryl methyl sites for hydroxylation is 2. The third kappa shape index (κ3) is 3.86. The van der Waals surface area contributed by atoms with Gasteiger partial charge in [0.2, 0.25) is 11.3 Å². The number of halogens is 4. The molecular formula is C25H24ClF3N6O2. The van der Waals surface area contributed by atoms with Crippen LogP contribution in [0, 0.1) is 19.8 Å². The number of anilines is 2. The van der Waals surface area contributed by atoms with Crippen molar-refractivity contribution in [2.45, 2.75) is 51.5 Å². The summed E-state index contributed by atoms with van der Waals surface area (Å²) in [5, 5.41) is 5.92. The van der Waals surface area contributed by atoms with E-state index < -0.39 is 17.6 Å². The monoisotopic (exact) mass is 532 g/mol. The highest BCUT2D eigenvalue weighted by Gasteiger charge is 2.51. The Morgan fingerprint density at radius 2 is 2.00 bits per heavy atom. The number of piperazine rings is 1. The largest absolute Gasteiger partial charge is 0.416 e. The van der Waals surface area contributed by atoms with Crippen molar-refractivity contribution in [1.29, 1.82) is 0 Å². The maximum Gasteiger partial charge on any atom is 0.416 e. The van der Waals surface area contributed by atoms with E-state index in [0.29, 0.717) is 47.6 Å². The number of rotatable bonds is 3. The Morgan fingerprint density at radius 1 is 1.24 bits per heavy atom. The summed E-state index contributed by atoms with van der Waals surface area (Å²) in [5.41, 5.74) is 2.10. The highest BCUT2D eigenvalue weighted by atomic mass is 35.5. The normalized spacial score (nSPS) is 22.3. The van der Waals surface area contributed by atoms with Crippen LogP contribution in [0.2, 0.25) is 5.02 Å². The second kappa shape index (κ2) is 8.42. The molecule has 1 unspecified atom stereocenters. The lowest BCUT2D eigenvalue weighted by molar-refractivity contribution is -0.137. The van der Waals surface area contributed by atoms with Gasteiger partial charge < -0.3 is 20.1 Å². The molecule has 2 aliphatic heterocycles. The number of hydrogen-bond acceptors (Lipinski definition) is 6. The fourth-order valence-corrected chi connectivity index (χ4v) is 6.10. The number of carbonyl (C=O) groups excluding carboxylic acids is 1. The molecule has 1 amide bonds. The minimum absolute atomic E-state index is 0.0704. The van der Waals surface area contributed by atoms with E-state index in [0.717, 1.165) is 36.9 Å². The Kier molecular flexibility index (Phi) is 5.50. The summed E-state index contributed by atoms with van der Waals surface area (Å²) in [4.78, 5) is 38.3. The molecule has 3 aromatic rings. The minimum Gasteiger partial charge on any atom is -0.361 e. The van der Waals surface area contributed by atoms with Crippen molar-refractivity contribution in [3.05, 3.63) is 56.1 Å². The van der Waals surface area contributed by atoms with Gasteiger partial charge in [-0.25, -0.2) is 9.97 Å². The standard InChI is InChI=1S/C25H24ClF3N6O2/c1-11-12(2)32-24-20(31-11)23(37)22-18(8-13-7-17-21(13)34(22)6-5-30-17)35(24)10-19(36)33-16-4-3-14(9-15(16)26)25(27,28)29/h3-4,9,13,17,21,30H,5-8,10H2,1-2H3,(H,33,36)/t13?,17-,21-/m0/s1. The van der Waals surface area contributed by atoms with E-state index in [-0.39, 0.29) is 34.2 Å². The van der Waals surface area contributed by atoms with Gasteiger partial charge in [-0.15, -0.1) is 0 Å². The number of aromatic nitrogens is 3. The van der Waals surface area contributed by atoms with Crippen molar-refractivity contribution in [2.24, 2.45) is 5.92 Å². The number of hydrogen-bond donors (Lipinski definition) is 2. The summed E-state index contributed by atoms with van der Waals surface area (Å²) >= 11 is 6.05. The van der Waals surface area contributed by atoms with Crippen LogP contribution in [0.3, 0.4) is 0 Å². The number of nitrogens with zero attached hydrogens (tertiary/aromatic N) is 4. The van der Waals surface area contributed by atoms with Crippen LogP contribution in [-0.4, -0.2) is 45.6 Å². The first-order valence-electron chi connectivity index (χ1n) is 12.1. The van der Waals surface area contributed by atoms with Crippen molar-refractivity contribution >= 4 is 40.0 Å². The number of nitrogens with one attached hydrogen (secondary N) is 2. The third-order valence-corrected chi connectivity index (χ3v) is 8.07. The summed E-state index contributed by atoms with van der Waals surface area (Å²) in [6.45, 7) is 4.82. The molecule has 8 nitrogen and oxygen atoms in total. The van der Waals surface area contributed by atoms with Crippen molar-refractivity contribution in [2.75, 3.05) is 23.3 Å². The SMILES string of the molecule is Cc1nc2c(=O)c3c(n(CC(=O)Nc4ccc(C(F)(F)F)cc4Cl)c2nc1C)CC1C[C@@H]2NCCN3[C@@H]12. The Balaban J connectivity index is 1.42. The molecule has 1 saturated heterocycles. The molecule has 1 aliphatic carbocycles. The van der Waals surface area contributed by atoms with Crippen LogP contribution < -0.4 is 21.0 Å². The number of benzene rings is 1. The van der Waals surface area contributed by atoms with Crippen LogP contribution in [0.1, 0.15) is 29.1 Å². The molecule has 2 N–H and O–H groups in total. The fourth-order valence-electron chi connectivity index (χ4n) is 5.88. The van der Waals surface area contributed by atoms with Gasteiger partial charge in [0.05, 0.1) is 27.7 Å². The van der Waals surface area contributed by atoms with Crippen LogP contribution in [-0.2, 0) is 23.9 Å². The van der Waals surface area contributed by atoms with Gasteiger partial charge in [0.15, 0.2) is 11.2 Å². The second-order valence-corrected chi connectivity index (χ2v) is 10.4. The van der Waals surface area contributed by atoms with E-state index in [1.807, 2.05) is 0 Å². The molecule has 3 atom stereocenters. The van der Waals surface area contributed by atoms with Gasteiger partial charge in [0.25, 0.3) is 0 Å². The fraction of sp³-hybridized carbons (Fsp3) is 0.440. The molecule has 0 spiro atoms. The van der Waals surface area contributed by atoms with Gasteiger partial charge in [-0.05, 0) is 50.8 Å². The van der Waals surface area contributed by atoms with Crippen molar-refractivity contribution in [1.82, 2.24) is 19.9 Å². The number of carbonyl (C=O) groups is 1. The van der Waals surface area contributed by atoms with E-state index in [1.54, 1.807) is 18.4 Å². The van der Waals surface area contributed by atoms with E-state index >= 15 is 0 Å². The number of pyridine rings is 1. The van der Waals surface area contributed by atoms with Crippen LogP contribution in [0.4, 0.5) is 24.5 Å². The lowest BCUT2D eigenvalue weighted by Gasteiger charge is -2.58. The van der Waals surface area contributed by atoms with Gasteiger partial charge in [-0.2, -0.15) is 13.2 Å². The third-order valence-electron chi connectivity index (χ3n) is 7.76. The van der Waals surface area contributed by atoms with Gasteiger partial charge in [0, 0.05) is 30.9 Å². The van der Waals surface area contributed by atoms with Crippen molar-refractivity contribution < 1.29 is 18.0 Å². The highest BCUT2D eigenvalue weighted by Crippen LogP contribution is 2.44. The molecular weight excluding hydrogens is 509 g/mol. The molecule has 6 rings (SSSR count). The first kappa shape index (κ1) is 24.2. The number of amides is 1. The predicted octanol–water partition coefficient (Wildman–Crippen LogP) is 3.44. The molecule has 2 fully saturated rings. The zero-order valence-corrected chi connectivity index (χ0v) is 20.9. The maximum atomic E-state index is 13.7. The Bertz CT molecular complexity index is 1520. The van der Waals surface area contributed by atoms with Gasteiger partial charge >= 0.3 is 6.18 Å². The lowest BCUT2D eigenvalue weighted by Crippen LogP contribution is -2.71. The summed E-state index contributed by atoms with van der Waals surface area (Å²) in [5.74, 6) is -0.150. The molecule has 194 valence electrons.